The second kappa shape index (κ2) is 8.83. The smallest absolute Gasteiger partial charge is 0.326 e. The van der Waals surface area contributed by atoms with E-state index in [1.165, 1.54) is 6.20 Å². The van der Waals surface area contributed by atoms with Crippen LogP contribution in [0.15, 0.2) is 65.6 Å². The van der Waals surface area contributed by atoms with E-state index in [1.807, 2.05) is 6.07 Å². The number of rotatable bonds is 5. The van der Waals surface area contributed by atoms with Crippen LogP contribution in [-0.2, 0) is 16.1 Å². The summed E-state index contributed by atoms with van der Waals surface area (Å²) in [5.74, 6) is -1.03. The van der Waals surface area contributed by atoms with Crippen LogP contribution in [0.2, 0.25) is 0 Å². The van der Waals surface area contributed by atoms with Crippen LogP contribution in [0, 0.1) is 0 Å². The summed E-state index contributed by atoms with van der Waals surface area (Å²) in [6.45, 7) is 4.82. The fourth-order valence-electron chi connectivity index (χ4n) is 2.92. The summed E-state index contributed by atoms with van der Waals surface area (Å²) in [6, 6.07) is 15.6. The minimum Gasteiger partial charge on any atom is -0.459 e. The maximum atomic E-state index is 13.2. The Morgan fingerprint density at radius 2 is 1.71 bits per heavy atom. The van der Waals surface area contributed by atoms with Crippen LogP contribution in [0.5, 0.6) is 0 Å². The largest absolute Gasteiger partial charge is 0.459 e. The number of hydrogen-bond acceptors (Lipinski definition) is 6. The highest BCUT2D eigenvalue weighted by Crippen LogP contribution is 2.19. The number of nitrogens with one attached hydrogen (secondary N) is 1. The Kier molecular flexibility index (Phi) is 6.20. The molecule has 0 aliphatic heterocycles. The van der Waals surface area contributed by atoms with Crippen LogP contribution >= 0.6 is 0 Å². The normalized spacial score (nSPS) is 11.1. The van der Waals surface area contributed by atoms with Crippen LogP contribution < -0.4 is 16.6 Å². The lowest BCUT2D eigenvalue weighted by molar-refractivity contribution is -0.155. The number of ether oxygens (including phenoxy) is 1. The summed E-state index contributed by atoms with van der Waals surface area (Å²) >= 11 is 0. The second-order valence-corrected chi connectivity index (χ2v) is 7.88. The van der Waals surface area contributed by atoms with Gasteiger partial charge in [-0.3, -0.25) is 19.0 Å². The van der Waals surface area contributed by atoms with Gasteiger partial charge in [-0.2, -0.15) is 0 Å². The van der Waals surface area contributed by atoms with Crippen molar-refractivity contribution >= 4 is 23.3 Å². The van der Waals surface area contributed by atoms with E-state index >= 15 is 0 Å². The van der Waals surface area contributed by atoms with Gasteiger partial charge in [-0.05, 0) is 32.9 Å². The fourth-order valence-corrected chi connectivity index (χ4v) is 2.92. The molecule has 8 heteroatoms. The molecular weight excluding hydrogens is 396 g/mol. The molecule has 0 spiro atoms. The SMILES string of the molecule is CC(C)(C)OC(=O)Cn1c(-c2ccccc2)ncc(C(=O)Nc2ccccc2N)c1=O. The lowest BCUT2D eigenvalue weighted by Crippen LogP contribution is -2.35. The molecule has 0 aliphatic carbocycles. The molecule has 0 aliphatic rings. The quantitative estimate of drug-likeness (QED) is 0.484. The molecule has 0 unspecified atom stereocenters. The number of aromatic nitrogens is 2. The lowest BCUT2D eigenvalue weighted by atomic mass is 10.2. The van der Waals surface area contributed by atoms with Gasteiger partial charge in [0.15, 0.2) is 0 Å². The summed E-state index contributed by atoms with van der Waals surface area (Å²) in [5.41, 5.74) is 5.63. The first-order valence-electron chi connectivity index (χ1n) is 9.68. The molecule has 3 aromatic rings. The molecule has 0 radical (unpaired) electrons. The Hall–Kier alpha value is -3.94. The van der Waals surface area contributed by atoms with Crippen molar-refractivity contribution in [1.82, 2.24) is 9.55 Å². The molecule has 31 heavy (non-hydrogen) atoms. The standard InChI is InChI=1S/C23H24N4O4/c1-23(2,3)31-19(28)14-27-20(15-9-5-4-6-10-15)25-13-16(22(27)30)21(29)26-18-12-8-7-11-17(18)24/h4-13H,14,24H2,1-3H3,(H,26,29). The maximum absolute atomic E-state index is 13.2. The summed E-state index contributed by atoms with van der Waals surface area (Å²) in [5, 5.41) is 2.61. The topological polar surface area (TPSA) is 116 Å². The van der Waals surface area contributed by atoms with Gasteiger partial charge >= 0.3 is 5.97 Å². The lowest BCUT2D eigenvalue weighted by Gasteiger charge is -2.20. The van der Waals surface area contributed by atoms with Crippen LogP contribution in [0.1, 0.15) is 31.1 Å². The molecule has 1 aromatic heterocycles. The van der Waals surface area contributed by atoms with E-state index in [-0.39, 0.29) is 17.9 Å². The third-order valence-electron chi connectivity index (χ3n) is 4.24. The molecule has 8 nitrogen and oxygen atoms in total. The highest BCUT2D eigenvalue weighted by molar-refractivity contribution is 6.05. The van der Waals surface area contributed by atoms with Gasteiger partial charge in [0, 0.05) is 11.8 Å². The maximum Gasteiger partial charge on any atom is 0.326 e. The van der Waals surface area contributed by atoms with Crippen LogP contribution in [0.25, 0.3) is 11.4 Å². The zero-order chi connectivity index (χ0) is 22.6. The average Bonchev–Trinajstić information content (AvgIpc) is 2.70. The Balaban J connectivity index is 2.02. The van der Waals surface area contributed by atoms with Crippen molar-refractivity contribution < 1.29 is 14.3 Å². The van der Waals surface area contributed by atoms with Crippen molar-refractivity contribution in [2.45, 2.75) is 32.9 Å². The van der Waals surface area contributed by atoms with Gasteiger partial charge in [0.1, 0.15) is 23.5 Å². The van der Waals surface area contributed by atoms with Crippen LogP contribution in [-0.4, -0.2) is 27.0 Å². The molecule has 0 saturated heterocycles. The van der Waals surface area contributed by atoms with E-state index in [2.05, 4.69) is 10.3 Å². The first-order chi connectivity index (χ1) is 14.7. The number of nitrogens with zero attached hydrogens (tertiary/aromatic N) is 2. The molecule has 160 valence electrons. The Labute approximate surface area is 179 Å². The van der Waals surface area contributed by atoms with Crippen molar-refractivity contribution in [3.05, 3.63) is 76.7 Å². The highest BCUT2D eigenvalue weighted by atomic mass is 16.6. The van der Waals surface area contributed by atoms with Gasteiger partial charge < -0.3 is 15.8 Å². The molecule has 0 bridgehead atoms. The minimum absolute atomic E-state index is 0.216. The molecule has 0 fully saturated rings. The van der Waals surface area contributed by atoms with E-state index in [0.717, 1.165) is 4.57 Å². The van der Waals surface area contributed by atoms with E-state index in [1.54, 1.807) is 69.3 Å². The van der Waals surface area contributed by atoms with Crippen molar-refractivity contribution in [1.29, 1.82) is 0 Å². The number of esters is 1. The van der Waals surface area contributed by atoms with Gasteiger partial charge in [0.25, 0.3) is 11.5 Å². The van der Waals surface area contributed by atoms with Gasteiger partial charge in [-0.25, -0.2) is 4.98 Å². The number of nitrogens with two attached hydrogens (primary N) is 1. The predicted octanol–water partition coefficient (Wildman–Crippen LogP) is 3.09. The number of carbonyl (C=O) groups excluding carboxylic acids is 2. The molecule has 0 atom stereocenters. The third kappa shape index (κ3) is 5.36. The second-order valence-electron chi connectivity index (χ2n) is 7.88. The Bertz CT molecular complexity index is 1160. The molecule has 3 rings (SSSR count). The van der Waals surface area contributed by atoms with E-state index in [4.69, 9.17) is 10.5 Å². The summed E-state index contributed by atoms with van der Waals surface area (Å²) in [6.07, 6.45) is 1.20. The first-order valence-corrected chi connectivity index (χ1v) is 9.68. The van der Waals surface area contributed by atoms with E-state index < -0.39 is 23.0 Å². The molecule has 1 heterocycles. The van der Waals surface area contributed by atoms with E-state index in [9.17, 15) is 14.4 Å². The number of para-hydroxylation sites is 2. The van der Waals surface area contributed by atoms with Crippen LogP contribution in [0.4, 0.5) is 11.4 Å². The number of nitrogen functional groups attached to an aromatic ring is 1. The number of carbonyl (C=O) groups is 2. The van der Waals surface area contributed by atoms with Gasteiger partial charge in [0.2, 0.25) is 0 Å². The Morgan fingerprint density at radius 1 is 1.06 bits per heavy atom. The molecule has 3 N–H and O–H groups in total. The van der Waals surface area contributed by atoms with Gasteiger partial charge in [0.05, 0.1) is 11.4 Å². The molecule has 0 saturated carbocycles. The van der Waals surface area contributed by atoms with Gasteiger partial charge in [-0.15, -0.1) is 0 Å². The zero-order valence-corrected chi connectivity index (χ0v) is 17.6. The predicted molar refractivity (Wildman–Crippen MR) is 119 cm³/mol. The highest BCUT2D eigenvalue weighted by Gasteiger charge is 2.22. The first kappa shape index (κ1) is 21.8. The van der Waals surface area contributed by atoms with Crippen molar-refractivity contribution in [3.8, 4) is 11.4 Å². The molecule has 2 aromatic carbocycles. The summed E-state index contributed by atoms with van der Waals surface area (Å²) in [4.78, 5) is 42.7. The number of anilines is 2. The summed E-state index contributed by atoms with van der Waals surface area (Å²) < 4.78 is 6.50. The van der Waals surface area contributed by atoms with Crippen molar-refractivity contribution in [3.63, 3.8) is 0 Å². The monoisotopic (exact) mass is 420 g/mol. The Morgan fingerprint density at radius 3 is 2.35 bits per heavy atom. The summed E-state index contributed by atoms with van der Waals surface area (Å²) in [7, 11) is 0. The minimum atomic E-state index is -0.721. The fraction of sp³-hybridized carbons (Fsp3) is 0.217. The van der Waals surface area contributed by atoms with Crippen LogP contribution in [0.3, 0.4) is 0 Å². The van der Waals surface area contributed by atoms with Crippen molar-refractivity contribution in [2.75, 3.05) is 11.1 Å². The third-order valence-corrected chi connectivity index (χ3v) is 4.24. The molecule has 1 amide bonds. The zero-order valence-electron chi connectivity index (χ0n) is 17.6. The van der Waals surface area contributed by atoms with Crippen molar-refractivity contribution in [2.24, 2.45) is 0 Å². The number of hydrogen-bond donors (Lipinski definition) is 2. The average molecular weight is 420 g/mol. The number of amides is 1. The molecular formula is C23H24N4O4. The van der Waals surface area contributed by atoms with Gasteiger partial charge in [-0.1, -0.05) is 42.5 Å². The number of benzene rings is 2. The van der Waals surface area contributed by atoms with E-state index in [0.29, 0.717) is 16.9 Å².